The van der Waals surface area contributed by atoms with Gasteiger partial charge in [-0.2, -0.15) is 0 Å². The molecule has 0 radical (unpaired) electrons. The number of hydrogen-bond acceptors (Lipinski definition) is 3. The second kappa shape index (κ2) is 3.14. The maximum atomic E-state index is 11.3. The molecule has 2 rings (SSSR count). The van der Waals surface area contributed by atoms with E-state index in [1.165, 1.54) is 11.3 Å². The number of pyridine rings is 1. The molecule has 3 nitrogen and oxygen atoms in total. The van der Waals surface area contributed by atoms with Gasteiger partial charge in [-0.1, -0.05) is 0 Å². The molecule has 0 aliphatic carbocycles. The van der Waals surface area contributed by atoms with Gasteiger partial charge in [0, 0.05) is 29.5 Å². The summed E-state index contributed by atoms with van der Waals surface area (Å²) in [4.78, 5) is 16.0. The summed E-state index contributed by atoms with van der Waals surface area (Å²) in [6, 6.07) is 3.76. The number of rotatable bonds is 1. The normalized spacial score (nSPS) is 10.2. The lowest BCUT2D eigenvalue weighted by molar-refractivity contribution is 0.0967. The van der Waals surface area contributed by atoms with Gasteiger partial charge in [-0.15, -0.1) is 11.3 Å². The summed E-state index contributed by atoms with van der Waals surface area (Å²) in [7, 11) is 1.63. The number of nitrogens with zero attached hydrogens (tertiary/aromatic N) is 1. The van der Waals surface area contributed by atoms with E-state index in [1.807, 2.05) is 12.1 Å². The molecule has 0 saturated heterocycles. The Bertz CT molecular complexity index is 417. The summed E-state index contributed by atoms with van der Waals surface area (Å²) in [6.45, 7) is 0. The monoisotopic (exact) mass is 192 g/mol. The molecule has 2 aromatic heterocycles. The lowest BCUT2D eigenvalue weighted by atomic mass is 10.3. The van der Waals surface area contributed by atoms with Crippen LogP contribution >= 0.6 is 11.3 Å². The van der Waals surface area contributed by atoms with Crippen LogP contribution in [0.3, 0.4) is 0 Å². The quantitative estimate of drug-likeness (QED) is 0.746. The van der Waals surface area contributed by atoms with Crippen LogP contribution in [0.15, 0.2) is 24.5 Å². The van der Waals surface area contributed by atoms with Gasteiger partial charge in [0.25, 0.3) is 5.91 Å². The van der Waals surface area contributed by atoms with Crippen LogP contribution < -0.4 is 5.32 Å². The number of hydrogen-bond donors (Lipinski definition) is 1. The fourth-order valence-electron chi connectivity index (χ4n) is 1.12. The van der Waals surface area contributed by atoms with Gasteiger partial charge in [-0.3, -0.25) is 9.78 Å². The zero-order chi connectivity index (χ0) is 9.26. The molecule has 1 amide bonds. The van der Waals surface area contributed by atoms with Crippen molar-refractivity contribution in [3.63, 3.8) is 0 Å². The van der Waals surface area contributed by atoms with Crippen LogP contribution in [-0.4, -0.2) is 17.9 Å². The number of aromatic nitrogens is 1. The van der Waals surface area contributed by atoms with E-state index in [2.05, 4.69) is 10.3 Å². The molecule has 13 heavy (non-hydrogen) atoms. The van der Waals surface area contributed by atoms with Gasteiger partial charge in [-0.25, -0.2) is 0 Å². The van der Waals surface area contributed by atoms with Crippen molar-refractivity contribution >= 4 is 27.3 Å². The third-order valence-electron chi connectivity index (χ3n) is 1.77. The Morgan fingerprint density at radius 2 is 2.46 bits per heavy atom. The van der Waals surface area contributed by atoms with Gasteiger partial charge in [0.2, 0.25) is 0 Å². The SMILES string of the molecule is CNC(=O)c1cc2cnccc2s1. The van der Waals surface area contributed by atoms with Crippen molar-refractivity contribution < 1.29 is 4.79 Å². The van der Waals surface area contributed by atoms with E-state index in [0.29, 0.717) is 0 Å². The Hall–Kier alpha value is -1.42. The van der Waals surface area contributed by atoms with Gasteiger partial charge in [0.15, 0.2) is 0 Å². The zero-order valence-corrected chi connectivity index (χ0v) is 7.89. The van der Waals surface area contributed by atoms with E-state index in [4.69, 9.17) is 0 Å². The third-order valence-corrected chi connectivity index (χ3v) is 2.88. The summed E-state index contributed by atoms with van der Waals surface area (Å²) < 4.78 is 1.09. The highest BCUT2D eigenvalue weighted by Crippen LogP contribution is 2.23. The number of nitrogens with one attached hydrogen (secondary N) is 1. The molecule has 0 fully saturated rings. The summed E-state index contributed by atoms with van der Waals surface area (Å²) in [5, 5.41) is 3.61. The van der Waals surface area contributed by atoms with E-state index >= 15 is 0 Å². The van der Waals surface area contributed by atoms with Gasteiger partial charge >= 0.3 is 0 Å². The molecule has 66 valence electrons. The van der Waals surface area contributed by atoms with Crippen molar-refractivity contribution in [3.8, 4) is 0 Å². The summed E-state index contributed by atoms with van der Waals surface area (Å²) in [6.07, 6.45) is 3.49. The molecule has 0 saturated carbocycles. The van der Waals surface area contributed by atoms with Crippen molar-refractivity contribution in [2.75, 3.05) is 7.05 Å². The van der Waals surface area contributed by atoms with Gasteiger partial charge in [0.1, 0.15) is 0 Å². The fraction of sp³-hybridized carbons (Fsp3) is 0.111. The molecule has 2 aromatic rings. The first-order valence-corrected chi connectivity index (χ1v) is 4.68. The average molecular weight is 192 g/mol. The van der Waals surface area contributed by atoms with Crippen molar-refractivity contribution in [2.24, 2.45) is 0 Å². The molecule has 0 spiro atoms. The first kappa shape index (κ1) is 8.19. The number of fused-ring (bicyclic) bond motifs is 1. The van der Waals surface area contributed by atoms with Gasteiger partial charge in [-0.05, 0) is 12.1 Å². The smallest absolute Gasteiger partial charge is 0.261 e. The Labute approximate surface area is 79.4 Å². The second-order valence-electron chi connectivity index (χ2n) is 2.60. The third kappa shape index (κ3) is 1.40. The highest BCUT2D eigenvalue weighted by molar-refractivity contribution is 7.20. The molecular weight excluding hydrogens is 184 g/mol. The van der Waals surface area contributed by atoms with Crippen LogP contribution in [0.5, 0.6) is 0 Å². The average Bonchev–Trinajstić information content (AvgIpc) is 2.59. The molecule has 4 heteroatoms. The van der Waals surface area contributed by atoms with Crippen LogP contribution in [-0.2, 0) is 0 Å². The van der Waals surface area contributed by atoms with E-state index in [9.17, 15) is 4.79 Å². The molecule has 0 aromatic carbocycles. The second-order valence-corrected chi connectivity index (χ2v) is 3.69. The Morgan fingerprint density at radius 3 is 3.15 bits per heavy atom. The first-order chi connectivity index (χ1) is 6.31. The molecule has 0 aliphatic rings. The zero-order valence-electron chi connectivity index (χ0n) is 7.07. The van der Waals surface area contributed by atoms with Crippen molar-refractivity contribution in [1.29, 1.82) is 0 Å². The van der Waals surface area contributed by atoms with E-state index in [-0.39, 0.29) is 5.91 Å². The Kier molecular flexibility index (Phi) is 1.98. The fourth-order valence-corrected chi connectivity index (χ4v) is 2.10. The number of thiophene rings is 1. The largest absolute Gasteiger partial charge is 0.354 e. The van der Waals surface area contributed by atoms with E-state index in [0.717, 1.165) is 15.0 Å². The van der Waals surface area contributed by atoms with Crippen LogP contribution in [0.4, 0.5) is 0 Å². The minimum atomic E-state index is -0.0406. The molecule has 0 aliphatic heterocycles. The summed E-state index contributed by atoms with van der Waals surface area (Å²) in [5.74, 6) is -0.0406. The highest BCUT2D eigenvalue weighted by atomic mass is 32.1. The van der Waals surface area contributed by atoms with E-state index in [1.54, 1.807) is 19.4 Å². The predicted molar refractivity (Wildman–Crippen MR) is 53.0 cm³/mol. The molecule has 0 unspecified atom stereocenters. The van der Waals surface area contributed by atoms with Crippen LogP contribution in [0.1, 0.15) is 9.67 Å². The lowest BCUT2D eigenvalue weighted by Crippen LogP contribution is -2.15. The van der Waals surface area contributed by atoms with Crippen molar-refractivity contribution in [1.82, 2.24) is 10.3 Å². The van der Waals surface area contributed by atoms with Crippen LogP contribution in [0.2, 0.25) is 0 Å². The Balaban J connectivity index is 2.56. The van der Waals surface area contributed by atoms with Gasteiger partial charge < -0.3 is 5.32 Å². The maximum absolute atomic E-state index is 11.3. The maximum Gasteiger partial charge on any atom is 0.261 e. The van der Waals surface area contributed by atoms with Crippen molar-refractivity contribution in [2.45, 2.75) is 0 Å². The summed E-state index contributed by atoms with van der Waals surface area (Å²) in [5.41, 5.74) is 0. The predicted octanol–water partition coefficient (Wildman–Crippen LogP) is 1.66. The standard InChI is InChI=1S/C9H8N2OS/c1-10-9(12)8-4-6-5-11-3-2-7(6)13-8/h2-5H,1H3,(H,10,12). The number of carbonyl (C=O) groups excluding carboxylic acids is 1. The minimum Gasteiger partial charge on any atom is -0.354 e. The molecule has 0 atom stereocenters. The lowest BCUT2D eigenvalue weighted by Gasteiger charge is -1.90. The van der Waals surface area contributed by atoms with Gasteiger partial charge in [0.05, 0.1) is 4.88 Å². The van der Waals surface area contributed by atoms with Crippen molar-refractivity contribution in [3.05, 3.63) is 29.4 Å². The molecule has 2 heterocycles. The molecular formula is C9H8N2OS. The van der Waals surface area contributed by atoms with E-state index < -0.39 is 0 Å². The Morgan fingerprint density at radius 1 is 1.62 bits per heavy atom. The molecule has 1 N–H and O–H groups in total. The highest BCUT2D eigenvalue weighted by Gasteiger charge is 2.07. The number of amides is 1. The topological polar surface area (TPSA) is 42.0 Å². The van der Waals surface area contributed by atoms with Crippen LogP contribution in [0, 0.1) is 0 Å². The number of carbonyl (C=O) groups is 1. The minimum absolute atomic E-state index is 0.0406. The van der Waals surface area contributed by atoms with Crippen LogP contribution in [0.25, 0.3) is 10.1 Å². The molecule has 0 bridgehead atoms. The first-order valence-electron chi connectivity index (χ1n) is 3.87. The summed E-state index contributed by atoms with van der Waals surface area (Å²) >= 11 is 1.48.